The van der Waals surface area contributed by atoms with Crippen LogP contribution < -0.4 is 4.74 Å². The van der Waals surface area contributed by atoms with E-state index in [4.69, 9.17) is 4.74 Å². The Kier molecular flexibility index (Phi) is 4.40. The first-order valence-electron chi connectivity index (χ1n) is 6.40. The molecule has 0 aliphatic carbocycles. The highest BCUT2D eigenvalue weighted by atomic mass is 19.4. The molecule has 1 aliphatic heterocycles. The largest absolute Gasteiger partial charge is 0.573 e. The second kappa shape index (κ2) is 5.92. The van der Waals surface area contributed by atoms with E-state index in [1.54, 1.807) is 0 Å². The molecule has 2 unspecified atom stereocenters. The van der Waals surface area contributed by atoms with Crippen molar-refractivity contribution in [3.8, 4) is 11.8 Å². The number of alkyl halides is 3. The quantitative estimate of drug-likeness (QED) is 0.932. The van der Waals surface area contributed by atoms with Crippen LogP contribution in [0.1, 0.15) is 24.5 Å². The maximum atomic E-state index is 12.4. The van der Waals surface area contributed by atoms with Gasteiger partial charge in [-0.25, -0.2) is 0 Å². The van der Waals surface area contributed by atoms with Gasteiger partial charge in [-0.3, -0.25) is 0 Å². The first kappa shape index (κ1) is 15.6. The molecule has 0 spiro atoms. The number of hydrogen-bond acceptors (Lipinski definition) is 4. The summed E-state index contributed by atoms with van der Waals surface area (Å²) in [5.74, 6) is -0.502. The molecule has 1 heterocycles. The monoisotopic (exact) mass is 301 g/mol. The van der Waals surface area contributed by atoms with Crippen LogP contribution in [-0.2, 0) is 4.74 Å². The van der Waals surface area contributed by atoms with Gasteiger partial charge in [0.15, 0.2) is 0 Å². The summed E-state index contributed by atoms with van der Waals surface area (Å²) in [7, 11) is 0. The zero-order chi connectivity index (χ0) is 15.5. The van der Waals surface area contributed by atoms with Gasteiger partial charge in [0.1, 0.15) is 17.3 Å². The first-order valence-corrected chi connectivity index (χ1v) is 6.40. The number of aliphatic hydroxyl groups excluding tert-OH is 1. The molecule has 4 nitrogen and oxygen atoms in total. The number of halogens is 3. The fourth-order valence-corrected chi connectivity index (χ4v) is 2.40. The summed E-state index contributed by atoms with van der Waals surface area (Å²) in [6, 6.07) is 7.28. The Morgan fingerprint density at radius 1 is 1.38 bits per heavy atom. The number of aliphatic hydroxyl groups is 1. The molecule has 1 fully saturated rings. The lowest BCUT2D eigenvalue weighted by atomic mass is 9.76. The van der Waals surface area contributed by atoms with Crippen molar-refractivity contribution in [1.82, 2.24) is 0 Å². The van der Waals surface area contributed by atoms with Gasteiger partial charge in [-0.05, 0) is 18.9 Å². The molecule has 114 valence electrons. The van der Waals surface area contributed by atoms with Gasteiger partial charge < -0.3 is 14.6 Å². The van der Waals surface area contributed by atoms with Gasteiger partial charge in [0.25, 0.3) is 0 Å². The Balaban J connectivity index is 2.34. The van der Waals surface area contributed by atoms with E-state index in [1.807, 2.05) is 6.07 Å². The first-order chi connectivity index (χ1) is 9.88. The molecular weight excluding hydrogens is 287 g/mol. The lowest BCUT2D eigenvalue weighted by Crippen LogP contribution is -2.36. The second-order valence-corrected chi connectivity index (χ2v) is 4.91. The minimum absolute atomic E-state index is 0.0228. The van der Waals surface area contributed by atoms with Crippen LogP contribution >= 0.6 is 0 Å². The van der Waals surface area contributed by atoms with Gasteiger partial charge in [-0.2, -0.15) is 5.26 Å². The fraction of sp³-hybridized carbons (Fsp3) is 0.500. The smallest absolute Gasteiger partial charge is 0.405 e. The number of benzene rings is 1. The molecule has 0 saturated carbocycles. The molecule has 1 saturated heterocycles. The number of hydrogen-bond donors (Lipinski definition) is 1. The van der Waals surface area contributed by atoms with Crippen molar-refractivity contribution in [2.75, 3.05) is 13.2 Å². The molecule has 1 aromatic carbocycles. The molecule has 1 aliphatic rings. The third kappa shape index (κ3) is 3.46. The summed E-state index contributed by atoms with van der Waals surface area (Å²) < 4.78 is 46.4. The van der Waals surface area contributed by atoms with E-state index < -0.39 is 23.6 Å². The van der Waals surface area contributed by atoms with Gasteiger partial charge in [0.05, 0.1) is 12.7 Å². The predicted molar refractivity (Wildman–Crippen MR) is 66.2 cm³/mol. The Morgan fingerprint density at radius 2 is 2.10 bits per heavy atom. The number of nitrogens with zero attached hydrogens (tertiary/aromatic N) is 1. The zero-order valence-electron chi connectivity index (χ0n) is 11.1. The summed E-state index contributed by atoms with van der Waals surface area (Å²) in [6.45, 7) is 0.446. The van der Waals surface area contributed by atoms with Gasteiger partial charge in [0.2, 0.25) is 0 Å². The molecule has 2 atom stereocenters. The van der Waals surface area contributed by atoms with Crippen molar-refractivity contribution in [3.63, 3.8) is 0 Å². The number of para-hydroxylation sites is 1. The average Bonchev–Trinajstić information content (AvgIpc) is 2.46. The molecule has 0 radical (unpaired) electrons. The predicted octanol–water partition coefficient (Wildman–Crippen LogP) is 2.94. The highest BCUT2D eigenvalue weighted by Crippen LogP contribution is 2.43. The van der Waals surface area contributed by atoms with Crippen LogP contribution in [0.25, 0.3) is 0 Å². The highest BCUT2D eigenvalue weighted by molar-refractivity contribution is 5.37. The normalized spacial score (nSPS) is 24.1. The van der Waals surface area contributed by atoms with Crippen LogP contribution in [-0.4, -0.2) is 24.7 Å². The lowest BCUT2D eigenvalue weighted by molar-refractivity contribution is -0.275. The van der Waals surface area contributed by atoms with Crippen LogP contribution in [0.3, 0.4) is 0 Å². The van der Waals surface area contributed by atoms with E-state index in [9.17, 15) is 23.5 Å². The van der Waals surface area contributed by atoms with Gasteiger partial charge >= 0.3 is 6.36 Å². The molecule has 1 N–H and O–H groups in total. The van der Waals surface area contributed by atoms with Crippen molar-refractivity contribution in [1.29, 1.82) is 5.26 Å². The van der Waals surface area contributed by atoms with Gasteiger partial charge in [-0.1, -0.05) is 18.2 Å². The third-order valence-corrected chi connectivity index (χ3v) is 3.46. The van der Waals surface area contributed by atoms with Crippen LogP contribution in [0.4, 0.5) is 13.2 Å². The van der Waals surface area contributed by atoms with E-state index in [1.165, 1.54) is 18.2 Å². The zero-order valence-corrected chi connectivity index (χ0v) is 11.1. The third-order valence-electron chi connectivity index (χ3n) is 3.46. The average molecular weight is 301 g/mol. The van der Waals surface area contributed by atoms with Crippen molar-refractivity contribution in [2.45, 2.75) is 25.3 Å². The maximum absolute atomic E-state index is 12.4. The SMILES string of the molecule is N#CC1(C(O)c2ccccc2OC(F)(F)F)CCCOC1. The topological polar surface area (TPSA) is 62.5 Å². The summed E-state index contributed by atoms with van der Waals surface area (Å²) in [5, 5.41) is 19.8. The standard InChI is InChI=1S/C14H14F3NO3/c15-14(16,17)21-11-5-2-1-4-10(11)12(19)13(8-18)6-3-7-20-9-13/h1-2,4-5,12,19H,3,6-7,9H2. The molecule has 21 heavy (non-hydrogen) atoms. The number of nitriles is 1. The van der Waals surface area contributed by atoms with Crippen molar-refractivity contribution in [2.24, 2.45) is 5.41 Å². The van der Waals surface area contributed by atoms with Crippen LogP contribution in [0, 0.1) is 16.7 Å². The van der Waals surface area contributed by atoms with E-state index >= 15 is 0 Å². The van der Waals surface area contributed by atoms with E-state index in [0.717, 1.165) is 6.07 Å². The van der Waals surface area contributed by atoms with E-state index in [0.29, 0.717) is 19.4 Å². The maximum Gasteiger partial charge on any atom is 0.573 e. The van der Waals surface area contributed by atoms with E-state index in [-0.39, 0.29) is 12.2 Å². The minimum Gasteiger partial charge on any atom is -0.405 e. The van der Waals surface area contributed by atoms with Crippen LogP contribution in [0.2, 0.25) is 0 Å². The van der Waals surface area contributed by atoms with Gasteiger partial charge in [0, 0.05) is 12.2 Å². The molecule has 0 aromatic heterocycles. The van der Waals surface area contributed by atoms with Gasteiger partial charge in [-0.15, -0.1) is 13.2 Å². The second-order valence-electron chi connectivity index (χ2n) is 4.91. The molecule has 0 bridgehead atoms. The summed E-state index contributed by atoms with van der Waals surface area (Å²) in [6.07, 6.45) is -5.36. The highest BCUT2D eigenvalue weighted by Gasteiger charge is 2.43. The van der Waals surface area contributed by atoms with Crippen molar-refractivity contribution >= 4 is 0 Å². The summed E-state index contributed by atoms with van der Waals surface area (Å²) >= 11 is 0. The van der Waals surface area contributed by atoms with Crippen molar-refractivity contribution in [3.05, 3.63) is 29.8 Å². The Bertz CT molecular complexity index is 533. The Labute approximate surface area is 119 Å². The number of rotatable bonds is 3. The molecule has 2 rings (SSSR count). The summed E-state index contributed by atoms with van der Waals surface area (Å²) in [4.78, 5) is 0. The molecule has 1 aromatic rings. The fourth-order valence-electron chi connectivity index (χ4n) is 2.40. The van der Waals surface area contributed by atoms with Crippen LogP contribution in [0.5, 0.6) is 5.75 Å². The Hall–Kier alpha value is -1.78. The molecular formula is C14H14F3NO3. The molecule has 0 amide bonds. The van der Waals surface area contributed by atoms with E-state index in [2.05, 4.69) is 4.74 Å². The van der Waals surface area contributed by atoms with Crippen LogP contribution in [0.15, 0.2) is 24.3 Å². The Morgan fingerprint density at radius 3 is 2.67 bits per heavy atom. The lowest BCUT2D eigenvalue weighted by Gasteiger charge is -2.35. The van der Waals surface area contributed by atoms with Crippen molar-refractivity contribution < 1.29 is 27.8 Å². The number of ether oxygens (including phenoxy) is 2. The summed E-state index contributed by atoms with van der Waals surface area (Å²) in [5.41, 5.74) is -1.33. The molecule has 7 heteroatoms. The minimum atomic E-state index is -4.86.